The summed E-state index contributed by atoms with van der Waals surface area (Å²) in [6.07, 6.45) is 3.49. The van der Waals surface area contributed by atoms with Crippen molar-refractivity contribution in [3.63, 3.8) is 0 Å². The lowest BCUT2D eigenvalue weighted by Crippen LogP contribution is -2.37. The van der Waals surface area contributed by atoms with E-state index in [0.717, 1.165) is 29.5 Å². The number of benzene rings is 2. The van der Waals surface area contributed by atoms with Crippen LogP contribution < -0.4 is 4.74 Å². The van der Waals surface area contributed by atoms with E-state index in [1.54, 1.807) is 7.11 Å². The van der Waals surface area contributed by atoms with Crippen molar-refractivity contribution in [1.29, 1.82) is 0 Å². The molecule has 1 saturated heterocycles. The molecular weight excluding hydrogens is 367 g/mol. The van der Waals surface area contributed by atoms with Crippen molar-refractivity contribution in [3.8, 4) is 5.75 Å². The van der Waals surface area contributed by atoms with E-state index >= 15 is 0 Å². The predicted octanol–water partition coefficient (Wildman–Crippen LogP) is 3.88. The number of aromatic nitrogens is 1. The maximum atomic E-state index is 13.1. The van der Waals surface area contributed by atoms with Crippen molar-refractivity contribution < 1.29 is 17.5 Å². The molecule has 1 aromatic heterocycles. The van der Waals surface area contributed by atoms with Crippen LogP contribution in [0.3, 0.4) is 0 Å². The molecule has 0 bridgehead atoms. The van der Waals surface area contributed by atoms with Crippen LogP contribution in [-0.2, 0) is 10.0 Å². The monoisotopic (exact) mass is 388 g/mol. The highest BCUT2D eigenvalue weighted by Crippen LogP contribution is 2.35. The molecule has 2 aromatic carbocycles. The third-order valence-corrected chi connectivity index (χ3v) is 7.18. The minimum atomic E-state index is -3.59. The fourth-order valence-corrected chi connectivity index (χ4v) is 5.22. The van der Waals surface area contributed by atoms with Gasteiger partial charge < -0.3 is 9.72 Å². The molecule has 0 unspecified atom stereocenters. The SMILES string of the molecule is COc1ccc2[nH]cc(C3CCN(S(=O)(=O)c4ccc(F)cc4)CC3)c2c1. The van der Waals surface area contributed by atoms with Gasteiger partial charge in [0.15, 0.2) is 0 Å². The van der Waals surface area contributed by atoms with Gasteiger partial charge in [0, 0.05) is 30.2 Å². The maximum Gasteiger partial charge on any atom is 0.243 e. The summed E-state index contributed by atoms with van der Waals surface area (Å²) in [5, 5.41) is 1.12. The minimum absolute atomic E-state index is 0.138. The minimum Gasteiger partial charge on any atom is -0.497 e. The first-order valence-corrected chi connectivity index (χ1v) is 10.3. The zero-order valence-electron chi connectivity index (χ0n) is 15.0. The number of nitrogens with one attached hydrogen (secondary N) is 1. The number of hydrogen-bond acceptors (Lipinski definition) is 3. The molecule has 0 aliphatic carbocycles. The fraction of sp³-hybridized carbons (Fsp3) is 0.300. The highest BCUT2D eigenvalue weighted by atomic mass is 32.2. The van der Waals surface area contributed by atoms with Crippen LogP contribution in [-0.4, -0.2) is 37.9 Å². The molecule has 142 valence electrons. The van der Waals surface area contributed by atoms with Crippen LogP contribution in [0.25, 0.3) is 10.9 Å². The van der Waals surface area contributed by atoms with Crippen molar-refractivity contribution in [3.05, 3.63) is 60.0 Å². The standard InChI is InChI=1S/C20H21FN2O3S/c1-26-16-4-7-20-18(12-16)19(13-22-20)14-8-10-23(11-9-14)27(24,25)17-5-2-15(21)3-6-17/h2-7,12-14,22H,8-11H2,1H3. The number of H-pyrrole nitrogens is 1. The molecule has 0 radical (unpaired) electrons. The van der Waals surface area contributed by atoms with Crippen LogP contribution in [0.4, 0.5) is 4.39 Å². The van der Waals surface area contributed by atoms with Crippen LogP contribution in [0.1, 0.15) is 24.3 Å². The normalized spacial score (nSPS) is 16.7. The van der Waals surface area contributed by atoms with E-state index in [2.05, 4.69) is 4.98 Å². The first kappa shape index (κ1) is 18.0. The molecule has 0 amide bonds. The van der Waals surface area contributed by atoms with Crippen molar-refractivity contribution in [2.75, 3.05) is 20.2 Å². The molecule has 3 aromatic rings. The van der Waals surface area contributed by atoms with Gasteiger partial charge >= 0.3 is 0 Å². The summed E-state index contributed by atoms with van der Waals surface area (Å²) in [6.45, 7) is 0.891. The molecule has 0 saturated carbocycles. The number of halogens is 1. The lowest BCUT2D eigenvalue weighted by Gasteiger charge is -2.31. The molecule has 4 rings (SSSR count). The highest BCUT2D eigenvalue weighted by molar-refractivity contribution is 7.89. The Morgan fingerprint density at radius 1 is 1.11 bits per heavy atom. The number of piperidine rings is 1. The Bertz CT molecular complexity index is 1050. The second-order valence-electron chi connectivity index (χ2n) is 6.79. The Morgan fingerprint density at radius 3 is 2.48 bits per heavy atom. The molecule has 7 heteroatoms. The Kier molecular flexibility index (Phi) is 4.65. The van der Waals surface area contributed by atoms with E-state index in [0.29, 0.717) is 13.1 Å². The summed E-state index contributed by atoms with van der Waals surface area (Å²) in [5.41, 5.74) is 2.25. The van der Waals surface area contributed by atoms with Crippen molar-refractivity contribution in [2.24, 2.45) is 0 Å². The molecule has 1 N–H and O–H groups in total. The number of aromatic amines is 1. The van der Waals surface area contributed by atoms with E-state index in [1.807, 2.05) is 24.4 Å². The van der Waals surface area contributed by atoms with Gasteiger partial charge in [-0.3, -0.25) is 0 Å². The van der Waals surface area contributed by atoms with Gasteiger partial charge in [-0.05, 0) is 66.8 Å². The lowest BCUT2D eigenvalue weighted by atomic mass is 9.90. The van der Waals surface area contributed by atoms with E-state index in [1.165, 1.54) is 34.1 Å². The Hall–Kier alpha value is -2.38. The van der Waals surface area contributed by atoms with Gasteiger partial charge in [0.1, 0.15) is 11.6 Å². The molecule has 1 aliphatic heterocycles. The largest absolute Gasteiger partial charge is 0.497 e. The number of ether oxygens (including phenoxy) is 1. The molecule has 2 heterocycles. The zero-order chi connectivity index (χ0) is 19.0. The van der Waals surface area contributed by atoms with E-state index in [4.69, 9.17) is 4.74 Å². The number of rotatable bonds is 4. The van der Waals surface area contributed by atoms with E-state index in [-0.39, 0.29) is 10.8 Å². The second-order valence-corrected chi connectivity index (χ2v) is 8.73. The van der Waals surface area contributed by atoms with Gasteiger partial charge in [0.2, 0.25) is 10.0 Å². The zero-order valence-corrected chi connectivity index (χ0v) is 15.8. The molecule has 5 nitrogen and oxygen atoms in total. The van der Waals surface area contributed by atoms with E-state index in [9.17, 15) is 12.8 Å². The van der Waals surface area contributed by atoms with Crippen LogP contribution in [0.15, 0.2) is 53.6 Å². The highest BCUT2D eigenvalue weighted by Gasteiger charge is 2.30. The molecule has 0 spiro atoms. The molecule has 27 heavy (non-hydrogen) atoms. The van der Waals surface area contributed by atoms with Gasteiger partial charge in [-0.25, -0.2) is 12.8 Å². The average molecular weight is 388 g/mol. The van der Waals surface area contributed by atoms with Gasteiger partial charge in [-0.1, -0.05) is 0 Å². The number of nitrogens with zero attached hydrogens (tertiary/aromatic N) is 1. The van der Waals surface area contributed by atoms with Crippen LogP contribution in [0.5, 0.6) is 5.75 Å². The molecule has 0 atom stereocenters. The number of hydrogen-bond donors (Lipinski definition) is 1. The smallest absolute Gasteiger partial charge is 0.243 e. The number of sulfonamides is 1. The molecular formula is C20H21FN2O3S. The third kappa shape index (κ3) is 3.33. The van der Waals surface area contributed by atoms with Crippen molar-refractivity contribution in [1.82, 2.24) is 9.29 Å². The summed E-state index contributed by atoms with van der Waals surface area (Å²) in [6, 6.07) is 10.9. The topological polar surface area (TPSA) is 62.4 Å². The Labute approximate surface area is 157 Å². The average Bonchev–Trinajstić information content (AvgIpc) is 3.11. The second kappa shape index (κ2) is 6.98. The Balaban J connectivity index is 1.53. The van der Waals surface area contributed by atoms with Crippen LogP contribution in [0, 0.1) is 5.82 Å². The molecule has 1 fully saturated rings. The number of methoxy groups -OCH3 is 1. The lowest BCUT2D eigenvalue weighted by molar-refractivity contribution is 0.320. The van der Waals surface area contributed by atoms with E-state index < -0.39 is 15.8 Å². The summed E-state index contributed by atoms with van der Waals surface area (Å²) in [5.74, 6) is 0.646. The van der Waals surface area contributed by atoms with Gasteiger partial charge in [0.05, 0.1) is 12.0 Å². The third-order valence-electron chi connectivity index (χ3n) is 5.27. The predicted molar refractivity (Wildman–Crippen MR) is 102 cm³/mol. The first-order chi connectivity index (χ1) is 13.0. The van der Waals surface area contributed by atoms with Gasteiger partial charge in [-0.2, -0.15) is 4.31 Å². The van der Waals surface area contributed by atoms with Crippen molar-refractivity contribution in [2.45, 2.75) is 23.7 Å². The van der Waals surface area contributed by atoms with Gasteiger partial charge in [0.25, 0.3) is 0 Å². The fourth-order valence-electron chi connectivity index (χ4n) is 3.75. The van der Waals surface area contributed by atoms with Crippen LogP contribution in [0.2, 0.25) is 0 Å². The van der Waals surface area contributed by atoms with Gasteiger partial charge in [-0.15, -0.1) is 0 Å². The number of fused-ring (bicyclic) bond motifs is 1. The summed E-state index contributed by atoms with van der Waals surface area (Å²) >= 11 is 0. The Morgan fingerprint density at radius 2 is 1.81 bits per heavy atom. The van der Waals surface area contributed by atoms with Crippen molar-refractivity contribution >= 4 is 20.9 Å². The molecule has 1 aliphatic rings. The first-order valence-electron chi connectivity index (χ1n) is 8.90. The quantitative estimate of drug-likeness (QED) is 0.738. The summed E-state index contributed by atoms with van der Waals surface area (Å²) in [7, 11) is -1.94. The summed E-state index contributed by atoms with van der Waals surface area (Å²) < 4.78 is 45.4. The summed E-state index contributed by atoms with van der Waals surface area (Å²) in [4.78, 5) is 3.42. The maximum absolute atomic E-state index is 13.1. The van der Waals surface area contributed by atoms with Crippen LogP contribution >= 0.6 is 0 Å².